The quantitative estimate of drug-likeness (QED) is 0.821. The molecule has 2 amide bonds. The molecular formula is C14H22N4O2. The number of hydrogen-bond donors (Lipinski definition) is 1. The zero-order valence-electron chi connectivity index (χ0n) is 12.7. The minimum Gasteiger partial charge on any atom is -0.301 e. The van der Waals surface area contributed by atoms with Crippen LogP contribution in [0.1, 0.15) is 38.4 Å². The molecule has 0 radical (unpaired) electrons. The lowest BCUT2D eigenvalue weighted by Crippen LogP contribution is -2.37. The van der Waals surface area contributed by atoms with E-state index < -0.39 is 6.04 Å². The number of likely N-dealkylation sites (tertiary alicyclic amines) is 1. The van der Waals surface area contributed by atoms with E-state index in [9.17, 15) is 9.59 Å². The summed E-state index contributed by atoms with van der Waals surface area (Å²) in [5.41, 5.74) is 2.03. The van der Waals surface area contributed by atoms with Gasteiger partial charge in [-0.2, -0.15) is 5.10 Å². The molecule has 2 rings (SSSR count). The van der Waals surface area contributed by atoms with Crippen molar-refractivity contribution in [3.8, 4) is 0 Å². The summed E-state index contributed by atoms with van der Waals surface area (Å²) in [5.74, 6) is -0.286. The molecule has 0 saturated carbocycles. The fourth-order valence-electron chi connectivity index (χ4n) is 2.45. The first-order valence-electron chi connectivity index (χ1n) is 6.77. The Morgan fingerprint density at radius 2 is 2.00 bits per heavy atom. The lowest BCUT2D eigenvalue weighted by molar-refractivity contribution is -0.137. The Balaban J connectivity index is 2.09. The number of nitrogens with zero attached hydrogens (tertiary/aromatic N) is 3. The van der Waals surface area contributed by atoms with Crippen molar-refractivity contribution in [2.24, 2.45) is 7.05 Å². The number of aryl methyl sites for hydroxylation is 1. The second-order valence-corrected chi connectivity index (χ2v) is 6.36. The predicted molar refractivity (Wildman–Crippen MR) is 74.9 cm³/mol. The highest BCUT2D eigenvalue weighted by Gasteiger charge is 2.35. The molecule has 0 spiro atoms. The SMILES string of the molecule is CN1C(=O)CC(NCc2cn(C)nc2C(C)(C)C)C1=O. The van der Waals surface area contributed by atoms with Gasteiger partial charge < -0.3 is 5.32 Å². The molecular weight excluding hydrogens is 256 g/mol. The van der Waals surface area contributed by atoms with Crippen LogP contribution in [0.15, 0.2) is 6.20 Å². The van der Waals surface area contributed by atoms with Gasteiger partial charge in [-0.05, 0) is 0 Å². The van der Waals surface area contributed by atoms with Crippen LogP contribution in [0.2, 0.25) is 0 Å². The van der Waals surface area contributed by atoms with Gasteiger partial charge in [-0.15, -0.1) is 0 Å². The van der Waals surface area contributed by atoms with Gasteiger partial charge in [-0.3, -0.25) is 19.2 Å². The fraction of sp³-hybridized carbons (Fsp3) is 0.643. The Hall–Kier alpha value is -1.69. The molecule has 6 heteroatoms. The molecule has 6 nitrogen and oxygen atoms in total. The van der Waals surface area contributed by atoms with Crippen LogP contribution in [0.4, 0.5) is 0 Å². The molecule has 0 aromatic carbocycles. The van der Waals surface area contributed by atoms with Gasteiger partial charge in [0.05, 0.1) is 18.2 Å². The summed E-state index contributed by atoms with van der Waals surface area (Å²) in [6.45, 7) is 6.86. The number of hydrogen-bond acceptors (Lipinski definition) is 4. The molecule has 1 aromatic rings. The van der Waals surface area contributed by atoms with Crippen LogP contribution in [0.5, 0.6) is 0 Å². The molecule has 1 fully saturated rings. The van der Waals surface area contributed by atoms with Crippen molar-refractivity contribution in [2.45, 2.75) is 45.2 Å². The van der Waals surface area contributed by atoms with Crippen LogP contribution in [0, 0.1) is 0 Å². The average Bonchev–Trinajstić information content (AvgIpc) is 2.82. The van der Waals surface area contributed by atoms with Gasteiger partial charge in [-0.1, -0.05) is 20.8 Å². The molecule has 1 aromatic heterocycles. The van der Waals surface area contributed by atoms with E-state index in [0.717, 1.165) is 11.3 Å². The molecule has 0 aliphatic carbocycles. The Morgan fingerprint density at radius 3 is 2.50 bits per heavy atom. The first-order valence-corrected chi connectivity index (χ1v) is 6.77. The number of carbonyl (C=O) groups is 2. The lowest BCUT2D eigenvalue weighted by Gasteiger charge is -2.18. The third-order valence-corrected chi connectivity index (χ3v) is 3.54. The summed E-state index contributed by atoms with van der Waals surface area (Å²) in [4.78, 5) is 24.5. The molecule has 0 bridgehead atoms. The number of nitrogens with one attached hydrogen (secondary N) is 1. The Bertz CT molecular complexity index is 542. The first-order chi connectivity index (χ1) is 9.20. The van der Waals surface area contributed by atoms with Crippen molar-refractivity contribution in [3.05, 3.63) is 17.5 Å². The van der Waals surface area contributed by atoms with E-state index >= 15 is 0 Å². The zero-order chi connectivity index (χ0) is 15.1. The summed E-state index contributed by atoms with van der Waals surface area (Å²) in [7, 11) is 3.41. The molecule has 2 heterocycles. The van der Waals surface area contributed by atoms with E-state index in [-0.39, 0.29) is 23.7 Å². The first kappa shape index (κ1) is 14.7. The number of likely N-dealkylation sites (N-methyl/N-ethyl adjacent to an activating group) is 1. The molecule has 1 aliphatic heterocycles. The van der Waals surface area contributed by atoms with Crippen molar-refractivity contribution in [2.75, 3.05) is 7.05 Å². The van der Waals surface area contributed by atoms with Gasteiger partial charge in [-0.25, -0.2) is 0 Å². The van der Waals surface area contributed by atoms with Crippen LogP contribution in [-0.4, -0.2) is 39.6 Å². The van der Waals surface area contributed by atoms with Gasteiger partial charge in [0.2, 0.25) is 11.8 Å². The van der Waals surface area contributed by atoms with E-state index in [1.807, 2.05) is 13.2 Å². The summed E-state index contributed by atoms with van der Waals surface area (Å²) in [5, 5.41) is 7.66. The highest BCUT2D eigenvalue weighted by atomic mass is 16.2. The fourth-order valence-corrected chi connectivity index (χ4v) is 2.45. The largest absolute Gasteiger partial charge is 0.301 e. The average molecular weight is 278 g/mol. The number of aromatic nitrogens is 2. The zero-order valence-corrected chi connectivity index (χ0v) is 12.7. The normalized spacial score (nSPS) is 20.1. The van der Waals surface area contributed by atoms with Crippen molar-refractivity contribution < 1.29 is 9.59 Å². The summed E-state index contributed by atoms with van der Waals surface area (Å²) >= 11 is 0. The molecule has 1 atom stereocenters. The number of rotatable bonds is 3. The van der Waals surface area contributed by atoms with Gasteiger partial charge in [0, 0.05) is 37.8 Å². The van der Waals surface area contributed by atoms with E-state index in [0.29, 0.717) is 6.54 Å². The van der Waals surface area contributed by atoms with E-state index in [4.69, 9.17) is 0 Å². The third kappa shape index (κ3) is 2.75. The van der Waals surface area contributed by atoms with Crippen LogP contribution in [0.25, 0.3) is 0 Å². The standard InChI is InChI=1S/C14H22N4O2/c1-14(2,3)12-9(8-17(4)16-12)7-15-10-6-11(19)18(5)13(10)20/h8,10,15H,6-7H2,1-5H3. The van der Waals surface area contributed by atoms with Crippen molar-refractivity contribution in [1.82, 2.24) is 20.0 Å². The molecule has 1 saturated heterocycles. The molecule has 1 N–H and O–H groups in total. The van der Waals surface area contributed by atoms with E-state index in [1.54, 1.807) is 4.68 Å². The lowest BCUT2D eigenvalue weighted by atomic mass is 9.89. The third-order valence-electron chi connectivity index (χ3n) is 3.54. The van der Waals surface area contributed by atoms with Gasteiger partial charge in [0.15, 0.2) is 0 Å². The van der Waals surface area contributed by atoms with Crippen LogP contribution < -0.4 is 5.32 Å². The van der Waals surface area contributed by atoms with Crippen molar-refractivity contribution in [3.63, 3.8) is 0 Å². The number of amides is 2. The van der Waals surface area contributed by atoms with E-state index in [2.05, 4.69) is 31.2 Å². The van der Waals surface area contributed by atoms with Crippen molar-refractivity contribution in [1.29, 1.82) is 0 Å². The summed E-state index contributed by atoms with van der Waals surface area (Å²) < 4.78 is 1.78. The molecule has 1 unspecified atom stereocenters. The minimum absolute atomic E-state index is 0.0510. The van der Waals surface area contributed by atoms with Crippen molar-refractivity contribution >= 4 is 11.8 Å². The van der Waals surface area contributed by atoms with Crippen LogP contribution >= 0.6 is 0 Å². The highest BCUT2D eigenvalue weighted by Crippen LogP contribution is 2.24. The monoisotopic (exact) mass is 278 g/mol. The van der Waals surface area contributed by atoms with Crippen LogP contribution in [0.3, 0.4) is 0 Å². The maximum Gasteiger partial charge on any atom is 0.246 e. The Morgan fingerprint density at radius 1 is 1.35 bits per heavy atom. The van der Waals surface area contributed by atoms with Crippen LogP contribution in [-0.2, 0) is 28.6 Å². The number of carbonyl (C=O) groups excluding carboxylic acids is 2. The highest BCUT2D eigenvalue weighted by molar-refractivity contribution is 6.05. The molecule has 110 valence electrons. The summed E-state index contributed by atoms with van der Waals surface area (Å²) in [6.07, 6.45) is 2.19. The van der Waals surface area contributed by atoms with Gasteiger partial charge >= 0.3 is 0 Å². The minimum atomic E-state index is -0.416. The van der Waals surface area contributed by atoms with Gasteiger partial charge in [0.1, 0.15) is 0 Å². The molecule has 20 heavy (non-hydrogen) atoms. The van der Waals surface area contributed by atoms with Gasteiger partial charge in [0.25, 0.3) is 0 Å². The Kier molecular flexibility index (Phi) is 3.69. The maximum atomic E-state index is 11.8. The number of imide groups is 1. The maximum absolute atomic E-state index is 11.8. The topological polar surface area (TPSA) is 67.2 Å². The second-order valence-electron chi connectivity index (χ2n) is 6.36. The Labute approximate surface area is 119 Å². The second kappa shape index (κ2) is 5.01. The van der Waals surface area contributed by atoms with E-state index in [1.165, 1.54) is 11.9 Å². The predicted octanol–water partition coefficient (Wildman–Crippen LogP) is 0.564. The molecule has 1 aliphatic rings. The smallest absolute Gasteiger partial charge is 0.246 e. The summed E-state index contributed by atoms with van der Waals surface area (Å²) in [6, 6.07) is -0.416.